The van der Waals surface area contributed by atoms with Crippen molar-refractivity contribution in [1.82, 2.24) is 0 Å². The topological polar surface area (TPSA) is 20.2 Å². The molecule has 0 radical (unpaired) electrons. The summed E-state index contributed by atoms with van der Waals surface area (Å²) in [6, 6.07) is 0. The summed E-state index contributed by atoms with van der Waals surface area (Å²) in [5.74, 6) is 1.93. The maximum Gasteiger partial charge on any atom is 0.0608 e. The van der Waals surface area contributed by atoms with Crippen LogP contribution in [0.15, 0.2) is 0 Å². The van der Waals surface area contributed by atoms with Crippen LogP contribution in [-0.4, -0.2) is 22.5 Å². The smallest absolute Gasteiger partial charge is 0.0608 e. The first-order chi connectivity index (χ1) is 6.86. The van der Waals surface area contributed by atoms with E-state index in [0.29, 0.717) is 0 Å². The maximum absolute atomic E-state index is 10.0. The van der Waals surface area contributed by atoms with Crippen molar-refractivity contribution >= 4 is 8.58 Å². The molecule has 2 saturated carbocycles. The van der Waals surface area contributed by atoms with Gasteiger partial charge in [0.2, 0.25) is 0 Å². The summed E-state index contributed by atoms with van der Waals surface area (Å²) >= 11 is 0. The summed E-state index contributed by atoms with van der Waals surface area (Å²) in [6.07, 6.45) is 9.75. The molecule has 1 nitrogen and oxygen atoms in total. The molecule has 0 aromatic carbocycles. The van der Waals surface area contributed by atoms with E-state index in [-0.39, 0.29) is 6.10 Å². The molecule has 0 spiro atoms. The van der Waals surface area contributed by atoms with Crippen molar-refractivity contribution in [3.8, 4) is 0 Å². The minimum atomic E-state index is 0.0673. The molecule has 3 fully saturated rings. The predicted octanol–water partition coefficient (Wildman–Crippen LogP) is 2.77. The van der Waals surface area contributed by atoms with Crippen molar-refractivity contribution in [2.75, 3.05) is 0 Å². The van der Waals surface area contributed by atoms with E-state index in [2.05, 4.69) is 0 Å². The van der Waals surface area contributed by atoms with Crippen LogP contribution in [0, 0.1) is 11.8 Å². The molecule has 1 aliphatic heterocycles. The van der Waals surface area contributed by atoms with E-state index in [1.165, 1.54) is 38.5 Å². The lowest BCUT2D eigenvalue weighted by Crippen LogP contribution is -2.34. The van der Waals surface area contributed by atoms with Crippen LogP contribution in [0.2, 0.25) is 0 Å². The summed E-state index contributed by atoms with van der Waals surface area (Å²) in [5.41, 5.74) is 1.74. The SMILES string of the molecule is OC1CCCC2C3CCCCC3PC12. The molecule has 14 heavy (non-hydrogen) atoms. The number of fused-ring (bicyclic) bond motifs is 3. The van der Waals surface area contributed by atoms with E-state index in [9.17, 15) is 5.11 Å². The molecule has 2 aliphatic carbocycles. The van der Waals surface area contributed by atoms with Gasteiger partial charge in [-0.3, -0.25) is 0 Å². The van der Waals surface area contributed by atoms with Gasteiger partial charge in [-0.15, -0.1) is 8.58 Å². The third-order valence-electron chi connectivity index (χ3n) is 4.69. The predicted molar refractivity (Wildman–Crippen MR) is 61.2 cm³/mol. The molecule has 3 rings (SSSR count). The Morgan fingerprint density at radius 3 is 2.57 bits per heavy atom. The van der Waals surface area contributed by atoms with Gasteiger partial charge >= 0.3 is 0 Å². The van der Waals surface area contributed by atoms with E-state index >= 15 is 0 Å². The Labute approximate surface area is 88.4 Å². The largest absolute Gasteiger partial charge is 0.392 e. The molecular weight excluding hydrogens is 191 g/mol. The zero-order valence-electron chi connectivity index (χ0n) is 8.78. The van der Waals surface area contributed by atoms with Crippen molar-refractivity contribution in [3.63, 3.8) is 0 Å². The first-order valence-corrected chi connectivity index (χ1v) is 7.46. The van der Waals surface area contributed by atoms with Crippen molar-refractivity contribution in [2.24, 2.45) is 11.8 Å². The van der Waals surface area contributed by atoms with Crippen LogP contribution in [0.25, 0.3) is 0 Å². The van der Waals surface area contributed by atoms with Gasteiger partial charge in [0.1, 0.15) is 0 Å². The Balaban J connectivity index is 1.79. The Hall–Kier alpha value is 0.390. The Kier molecular flexibility index (Phi) is 2.58. The van der Waals surface area contributed by atoms with E-state index in [0.717, 1.165) is 38.2 Å². The van der Waals surface area contributed by atoms with Gasteiger partial charge in [-0.1, -0.05) is 19.3 Å². The van der Waals surface area contributed by atoms with Crippen molar-refractivity contribution in [3.05, 3.63) is 0 Å². The molecule has 0 bridgehead atoms. The van der Waals surface area contributed by atoms with Crippen molar-refractivity contribution in [1.29, 1.82) is 0 Å². The van der Waals surface area contributed by atoms with Crippen molar-refractivity contribution in [2.45, 2.75) is 62.4 Å². The van der Waals surface area contributed by atoms with Crippen LogP contribution < -0.4 is 0 Å². The average Bonchev–Trinajstić information content (AvgIpc) is 2.59. The summed E-state index contributed by atoms with van der Waals surface area (Å²) in [6.45, 7) is 0. The van der Waals surface area contributed by atoms with Gasteiger partial charge in [0.05, 0.1) is 6.10 Å². The number of hydrogen-bond acceptors (Lipinski definition) is 1. The van der Waals surface area contributed by atoms with Gasteiger partial charge in [-0.25, -0.2) is 0 Å². The highest BCUT2D eigenvalue weighted by Crippen LogP contribution is 2.57. The van der Waals surface area contributed by atoms with Gasteiger partial charge in [-0.05, 0) is 43.2 Å². The second kappa shape index (κ2) is 3.76. The van der Waals surface area contributed by atoms with Gasteiger partial charge in [0.15, 0.2) is 0 Å². The summed E-state index contributed by atoms with van der Waals surface area (Å²) in [4.78, 5) is 0. The fraction of sp³-hybridized carbons (Fsp3) is 1.00. The Morgan fingerprint density at radius 1 is 0.857 bits per heavy atom. The quantitative estimate of drug-likeness (QED) is 0.612. The second-order valence-corrected chi connectivity index (χ2v) is 7.15. The highest BCUT2D eigenvalue weighted by Gasteiger charge is 2.47. The molecule has 1 saturated heterocycles. The lowest BCUT2D eigenvalue weighted by Gasteiger charge is -2.34. The normalized spacial score (nSPS) is 54.2. The first-order valence-electron chi connectivity index (χ1n) is 6.30. The van der Waals surface area contributed by atoms with Crippen LogP contribution in [0.4, 0.5) is 0 Å². The molecule has 0 amide bonds. The Bertz CT molecular complexity index is 216. The maximum atomic E-state index is 10.0. The number of hydrogen-bond donors (Lipinski definition) is 1. The third kappa shape index (κ3) is 1.44. The average molecular weight is 212 g/mol. The monoisotopic (exact) mass is 212 g/mol. The standard InChI is InChI=1S/C12H21OP/c13-10-6-3-5-9-8-4-1-2-7-11(8)14-12(9)10/h8-14H,1-7H2. The van der Waals surface area contributed by atoms with Crippen LogP contribution >= 0.6 is 8.58 Å². The molecule has 6 atom stereocenters. The number of rotatable bonds is 0. The van der Waals surface area contributed by atoms with E-state index in [1.807, 2.05) is 0 Å². The van der Waals surface area contributed by atoms with Crippen molar-refractivity contribution < 1.29 is 5.11 Å². The molecule has 1 N–H and O–H groups in total. The molecule has 0 aromatic heterocycles. The summed E-state index contributed by atoms with van der Waals surface area (Å²) in [5, 5.41) is 10.0. The van der Waals surface area contributed by atoms with Crippen LogP contribution in [0.1, 0.15) is 44.9 Å². The zero-order chi connectivity index (χ0) is 9.54. The van der Waals surface area contributed by atoms with Gasteiger partial charge in [0, 0.05) is 5.66 Å². The molecule has 0 aromatic rings. The molecular formula is C12H21OP. The zero-order valence-corrected chi connectivity index (χ0v) is 9.78. The minimum absolute atomic E-state index is 0.0673. The number of aliphatic hydroxyl groups is 1. The van der Waals surface area contributed by atoms with Crippen LogP contribution in [0.3, 0.4) is 0 Å². The van der Waals surface area contributed by atoms with Gasteiger partial charge in [-0.2, -0.15) is 0 Å². The fourth-order valence-electron chi connectivity index (χ4n) is 4.05. The lowest BCUT2D eigenvalue weighted by molar-refractivity contribution is 0.0902. The van der Waals surface area contributed by atoms with E-state index in [4.69, 9.17) is 0 Å². The van der Waals surface area contributed by atoms with Crippen LogP contribution in [0.5, 0.6) is 0 Å². The Morgan fingerprint density at radius 2 is 1.64 bits per heavy atom. The van der Waals surface area contributed by atoms with Gasteiger partial charge in [0.25, 0.3) is 0 Å². The minimum Gasteiger partial charge on any atom is -0.392 e. The highest BCUT2D eigenvalue weighted by atomic mass is 31.1. The highest BCUT2D eigenvalue weighted by molar-refractivity contribution is 7.40. The molecule has 1 heterocycles. The molecule has 2 heteroatoms. The van der Waals surface area contributed by atoms with Gasteiger partial charge < -0.3 is 5.11 Å². The summed E-state index contributed by atoms with van der Waals surface area (Å²) in [7, 11) is 1.10. The van der Waals surface area contributed by atoms with E-state index < -0.39 is 0 Å². The lowest BCUT2D eigenvalue weighted by atomic mass is 9.73. The summed E-state index contributed by atoms with van der Waals surface area (Å²) < 4.78 is 0. The fourth-order valence-corrected chi connectivity index (χ4v) is 6.62. The first kappa shape index (κ1) is 9.60. The second-order valence-electron chi connectivity index (χ2n) is 5.41. The van der Waals surface area contributed by atoms with E-state index in [1.54, 1.807) is 0 Å². The molecule has 80 valence electrons. The number of aliphatic hydroxyl groups excluding tert-OH is 1. The van der Waals surface area contributed by atoms with Crippen LogP contribution in [-0.2, 0) is 0 Å². The third-order valence-corrected chi connectivity index (χ3v) is 7.03. The molecule has 3 aliphatic rings. The molecule has 6 unspecified atom stereocenters.